The molecule has 0 aromatic heterocycles. The SMILES string of the molecule is CC(=O)Cl.CCC1CC(=O)N(Cc2ccc(NC(C)=O)cc2)N=C1c1ccc(OC)c(OC(F)F)c1. The van der Waals surface area contributed by atoms with Gasteiger partial charge in [0, 0.05) is 37.4 Å². The van der Waals surface area contributed by atoms with Crippen LogP contribution in [0.2, 0.25) is 0 Å². The fraction of sp³-hybridized carbons (Fsp3) is 0.360. The van der Waals surface area contributed by atoms with E-state index in [9.17, 15) is 23.2 Å². The van der Waals surface area contributed by atoms with Crippen molar-refractivity contribution in [3.8, 4) is 11.5 Å². The van der Waals surface area contributed by atoms with Crippen molar-refractivity contribution in [2.75, 3.05) is 12.4 Å². The number of halogens is 3. The molecule has 1 aliphatic heterocycles. The van der Waals surface area contributed by atoms with Crippen LogP contribution in [0.4, 0.5) is 14.5 Å². The van der Waals surface area contributed by atoms with E-state index in [4.69, 9.17) is 4.74 Å². The molecule has 2 aromatic rings. The Morgan fingerprint density at radius 2 is 1.81 bits per heavy atom. The van der Waals surface area contributed by atoms with Crippen LogP contribution in [0, 0.1) is 5.92 Å². The van der Waals surface area contributed by atoms with Crippen LogP contribution in [-0.4, -0.2) is 41.5 Å². The molecule has 2 aromatic carbocycles. The summed E-state index contributed by atoms with van der Waals surface area (Å²) in [5.41, 5.74) is 2.71. The van der Waals surface area contributed by atoms with Crippen molar-refractivity contribution in [3.63, 3.8) is 0 Å². The van der Waals surface area contributed by atoms with E-state index >= 15 is 0 Å². The van der Waals surface area contributed by atoms with Gasteiger partial charge in [-0.15, -0.1) is 0 Å². The summed E-state index contributed by atoms with van der Waals surface area (Å²) in [7, 11) is 1.37. The van der Waals surface area contributed by atoms with Gasteiger partial charge in [-0.1, -0.05) is 19.1 Å². The first-order valence-corrected chi connectivity index (χ1v) is 11.5. The first kappa shape index (κ1) is 28.7. The number of methoxy groups -OCH3 is 1. The van der Waals surface area contributed by atoms with Gasteiger partial charge < -0.3 is 14.8 Å². The van der Waals surface area contributed by atoms with Crippen LogP contribution in [0.15, 0.2) is 47.6 Å². The lowest BCUT2D eigenvalue weighted by Gasteiger charge is -2.29. The second kappa shape index (κ2) is 13.5. The maximum atomic E-state index is 12.8. The van der Waals surface area contributed by atoms with Gasteiger partial charge in [-0.25, -0.2) is 5.01 Å². The number of rotatable bonds is 8. The number of anilines is 1. The van der Waals surface area contributed by atoms with E-state index < -0.39 is 6.61 Å². The zero-order chi connectivity index (χ0) is 26.8. The normalized spacial score (nSPS) is 15.0. The van der Waals surface area contributed by atoms with Gasteiger partial charge in [-0.05, 0) is 53.9 Å². The largest absolute Gasteiger partial charge is 0.493 e. The zero-order valence-corrected chi connectivity index (χ0v) is 21.1. The Hall–Kier alpha value is -3.53. The number of benzene rings is 2. The third kappa shape index (κ3) is 8.60. The number of hydrogen-bond donors (Lipinski definition) is 1. The number of nitrogens with one attached hydrogen (secondary N) is 1. The van der Waals surface area contributed by atoms with Gasteiger partial charge in [-0.2, -0.15) is 13.9 Å². The molecule has 11 heteroatoms. The molecule has 0 saturated heterocycles. The van der Waals surface area contributed by atoms with Crippen LogP contribution in [0.5, 0.6) is 11.5 Å². The Morgan fingerprint density at radius 1 is 1.17 bits per heavy atom. The van der Waals surface area contributed by atoms with Crippen molar-refractivity contribution in [1.82, 2.24) is 5.01 Å². The van der Waals surface area contributed by atoms with E-state index in [-0.39, 0.29) is 47.4 Å². The number of carbonyl (C=O) groups is 3. The summed E-state index contributed by atoms with van der Waals surface area (Å²) in [4.78, 5) is 33.1. The lowest BCUT2D eigenvalue weighted by Crippen LogP contribution is -2.36. The highest BCUT2D eigenvalue weighted by atomic mass is 35.5. The van der Waals surface area contributed by atoms with Crippen LogP contribution in [0.25, 0.3) is 0 Å². The highest BCUT2D eigenvalue weighted by Gasteiger charge is 2.30. The van der Waals surface area contributed by atoms with Crippen LogP contribution in [-0.2, 0) is 20.9 Å². The van der Waals surface area contributed by atoms with Gasteiger partial charge in [0.05, 0.1) is 19.4 Å². The predicted molar refractivity (Wildman–Crippen MR) is 132 cm³/mol. The van der Waals surface area contributed by atoms with Crippen molar-refractivity contribution >= 4 is 40.1 Å². The third-order valence-corrected chi connectivity index (χ3v) is 5.10. The minimum atomic E-state index is -2.99. The molecule has 3 rings (SSSR count). The molecule has 1 unspecified atom stereocenters. The maximum absolute atomic E-state index is 12.8. The van der Waals surface area contributed by atoms with Crippen molar-refractivity contribution < 1.29 is 32.6 Å². The fourth-order valence-corrected chi connectivity index (χ4v) is 3.53. The van der Waals surface area contributed by atoms with Crippen molar-refractivity contribution in [3.05, 3.63) is 53.6 Å². The van der Waals surface area contributed by atoms with Crippen LogP contribution < -0.4 is 14.8 Å². The summed E-state index contributed by atoms with van der Waals surface area (Å²) in [6, 6.07) is 11.8. The summed E-state index contributed by atoms with van der Waals surface area (Å²) in [6.07, 6.45) is 0.928. The average molecular weight is 524 g/mol. The average Bonchev–Trinajstić information content (AvgIpc) is 2.80. The van der Waals surface area contributed by atoms with E-state index in [2.05, 4.69) is 26.8 Å². The molecule has 36 heavy (non-hydrogen) atoms. The summed E-state index contributed by atoms with van der Waals surface area (Å²) in [6.45, 7) is 1.92. The molecule has 194 valence electrons. The number of hydrazone groups is 1. The lowest BCUT2D eigenvalue weighted by molar-refractivity contribution is -0.133. The van der Waals surface area contributed by atoms with Crippen LogP contribution >= 0.6 is 11.6 Å². The molecule has 1 N–H and O–H groups in total. The topological polar surface area (TPSA) is 97.3 Å². The number of carbonyl (C=O) groups excluding carboxylic acids is 3. The van der Waals surface area contributed by atoms with E-state index in [1.165, 1.54) is 32.0 Å². The number of alkyl halides is 2. The Morgan fingerprint density at radius 3 is 2.33 bits per heavy atom. The van der Waals surface area contributed by atoms with Crippen LogP contribution in [0.3, 0.4) is 0 Å². The molecule has 0 aliphatic carbocycles. The molecule has 0 fully saturated rings. The molecule has 8 nitrogen and oxygen atoms in total. The zero-order valence-electron chi connectivity index (χ0n) is 20.4. The fourth-order valence-electron chi connectivity index (χ4n) is 3.53. The molecule has 1 aliphatic rings. The summed E-state index contributed by atoms with van der Waals surface area (Å²) >= 11 is 4.64. The molecule has 0 radical (unpaired) electrons. The molecule has 0 saturated carbocycles. The minimum Gasteiger partial charge on any atom is -0.493 e. The number of amides is 2. The Balaban J connectivity index is 0.00000106. The van der Waals surface area contributed by atoms with Gasteiger partial charge in [0.15, 0.2) is 11.5 Å². The Labute approximate surface area is 213 Å². The predicted octanol–water partition coefficient (Wildman–Crippen LogP) is 5.19. The number of ether oxygens (including phenoxy) is 2. The standard InChI is InChI=1S/C23H25F2N3O4.C2H3ClO/c1-4-16-12-21(30)28(13-15-5-8-18(9-6-15)26-14(2)29)27-22(16)17-7-10-19(31-3)20(11-17)32-23(24)25;1-2(3)4/h5-11,16,23H,4,12-13H2,1-3H3,(H,26,29);1H3. The molecular weight excluding hydrogens is 496 g/mol. The van der Waals surface area contributed by atoms with Gasteiger partial charge in [-0.3, -0.25) is 14.4 Å². The molecule has 0 bridgehead atoms. The van der Waals surface area contributed by atoms with Crippen molar-refractivity contribution in [2.45, 2.75) is 46.8 Å². The Bertz CT molecular complexity index is 1110. The highest BCUT2D eigenvalue weighted by molar-refractivity contribution is 6.62. The van der Waals surface area contributed by atoms with Gasteiger partial charge >= 0.3 is 6.61 Å². The van der Waals surface area contributed by atoms with E-state index in [1.807, 2.05) is 19.1 Å². The van der Waals surface area contributed by atoms with Crippen molar-refractivity contribution in [2.24, 2.45) is 11.0 Å². The number of nitrogens with zero attached hydrogens (tertiary/aromatic N) is 2. The van der Waals surface area contributed by atoms with Crippen LogP contribution in [0.1, 0.15) is 44.7 Å². The molecule has 1 atom stereocenters. The number of hydrogen-bond acceptors (Lipinski definition) is 6. The van der Waals surface area contributed by atoms with Gasteiger partial charge in [0.25, 0.3) is 0 Å². The second-order valence-corrected chi connectivity index (χ2v) is 8.37. The van der Waals surface area contributed by atoms with E-state index in [0.29, 0.717) is 23.4 Å². The molecular formula is C25H28ClF2N3O5. The first-order valence-electron chi connectivity index (χ1n) is 11.1. The smallest absolute Gasteiger partial charge is 0.387 e. The monoisotopic (exact) mass is 523 g/mol. The van der Waals surface area contributed by atoms with E-state index in [1.54, 1.807) is 24.3 Å². The van der Waals surface area contributed by atoms with Gasteiger partial charge in [0.1, 0.15) is 0 Å². The summed E-state index contributed by atoms with van der Waals surface area (Å²) < 4.78 is 35.3. The van der Waals surface area contributed by atoms with Gasteiger partial charge in [0.2, 0.25) is 17.1 Å². The minimum absolute atomic E-state index is 0.0884. The molecule has 0 spiro atoms. The van der Waals surface area contributed by atoms with E-state index in [0.717, 1.165) is 5.56 Å². The molecule has 2 amide bonds. The lowest BCUT2D eigenvalue weighted by atomic mass is 9.89. The second-order valence-electron chi connectivity index (χ2n) is 7.84. The quantitative estimate of drug-likeness (QED) is 0.480. The maximum Gasteiger partial charge on any atom is 0.387 e. The first-order chi connectivity index (χ1) is 17.0. The summed E-state index contributed by atoms with van der Waals surface area (Å²) in [5, 5.41) is 8.29. The summed E-state index contributed by atoms with van der Waals surface area (Å²) in [5.74, 6) is -0.337. The third-order valence-electron chi connectivity index (χ3n) is 5.10. The van der Waals surface area contributed by atoms with Crippen molar-refractivity contribution in [1.29, 1.82) is 0 Å². The highest BCUT2D eigenvalue weighted by Crippen LogP contribution is 2.33. The molecule has 1 heterocycles. The Kier molecular flexibility index (Phi) is 10.8.